The summed E-state index contributed by atoms with van der Waals surface area (Å²) in [5, 5.41) is 12.5. The van der Waals surface area contributed by atoms with E-state index in [1.165, 1.54) is 0 Å². The van der Waals surface area contributed by atoms with Crippen LogP contribution in [0.15, 0.2) is 24.3 Å². The van der Waals surface area contributed by atoms with E-state index >= 15 is 0 Å². The molecule has 2 rings (SSSR count). The summed E-state index contributed by atoms with van der Waals surface area (Å²) in [5.41, 5.74) is 0.427. The third-order valence-electron chi connectivity index (χ3n) is 3.78. The highest BCUT2D eigenvalue weighted by Gasteiger charge is 2.30. The Labute approximate surface area is 123 Å². The van der Waals surface area contributed by atoms with Crippen LogP contribution in [-0.4, -0.2) is 23.0 Å². The zero-order chi connectivity index (χ0) is 14.5. The van der Waals surface area contributed by atoms with E-state index in [1.54, 1.807) is 24.3 Å². The van der Waals surface area contributed by atoms with Gasteiger partial charge in [0.1, 0.15) is 6.04 Å². The SMILES string of the molecule is O=C(N[C@H](C(=O)O)C1CCCCC1)c1ccc(Cl)cc1. The van der Waals surface area contributed by atoms with Gasteiger partial charge in [-0.25, -0.2) is 4.79 Å². The predicted molar refractivity (Wildman–Crippen MR) is 76.9 cm³/mol. The lowest BCUT2D eigenvalue weighted by Crippen LogP contribution is -2.46. The van der Waals surface area contributed by atoms with Crippen molar-refractivity contribution in [1.29, 1.82) is 0 Å². The Morgan fingerprint density at radius 1 is 1.15 bits per heavy atom. The zero-order valence-electron chi connectivity index (χ0n) is 11.1. The summed E-state index contributed by atoms with van der Waals surface area (Å²) in [6, 6.07) is 5.62. The molecule has 1 aromatic rings. The van der Waals surface area contributed by atoms with Gasteiger partial charge in [0.15, 0.2) is 0 Å². The smallest absolute Gasteiger partial charge is 0.326 e. The Bertz CT molecular complexity index is 480. The molecule has 4 nitrogen and oxygen atoms in total. The fourth-order valence-corrected chi connectivity index (χ4v) is 2.80. The van der Waals surface area contributed by atoms with E-state index in [1.807, 2.05) is 0 Å². The number of halogens is 1. The average molecular weight is 296 g/mol. The topological polar surface area (TPSA) is 66.4 Å². The lowest BCUT2D eigenvalue weighted by atomic mass is 9.84. The first-order valence-corrected chi connectivity index (χ1v) is 7.25. The maximum Gasteiger partial charge on any atom is 0.326 e. The Hall–Kier alpha value is -1.55. The number of hydrogen-bond donors (Lipinski definition) is 2. The van der Waals surface area contributed by atoms with Crippen LogP contribution in [-0.2, 0) is 4.79 Å². The molecular weight excluding hydrogens is 278 g/mol. The molecule has 1 saturated carbocycles. The normalized spacial score (nSPS) is 17.4. The predicted octanol–water partition coefficient (Wildman–Crippen LogP) is 3.10. The molecule has 1 aliphatic carbocycles. The van der Waals surface area contributed by atoms with Gasteiger partial charge < -0.3 is 10.4 Å². The van der Waals surface area contributed by atoms with Gasteiger partial charge in [-0.3, -0.25) is 4.79 Å². The van der Waals surface area contributed by atoms with E-state index in [4.69, 9.17) is 11.6 Å². The van der Waals surface area contributed by atoms with Crippen LogP contribution in [0.1, 0.15) is 42.5 Å². The van der Waals surface area contributed by atoms with Crippen LogP contribution in [0.3, 0.4) is 0 Å². The van der Waals surface area contributed by atoms with Crippen LogP contribution in [0.2, 0.25) is 5.02 Å². The molecule has 0 aromatic heterocycles. The van der Waals surface area contributed by atoms with Crippen molar-refractivity contribution in [3.63, 3.8) is 0 Å². The minimum Gasteiger partial charge on any atom is -0.480 e. The number of carboxylic acid groups (broad SMARTS) is 1. The molecule has 5 heteroatoms. The zero-order valence-corrected chi connectivity index (χ0v) is 11.9. The van der Waals surface area contributed by atoms with Gasteiger partial charge in [0.2, 0.25) is 0 Å². The molecule has 1 aliphatic rings. The van der Waals surface area contributed by atoms with Crippen molar-refractivity contribution in [3.8, 4) is 0 Å². The van der Waals surface area contributed by atoms with E-state index in [0.29, 0.717) is 10.6 Å². The second kappa shape index (κ2) is 6.75. The van der Waals surface area contributed by atoms with E-state index in [0.717, 1.165) is 32.1 Å². The molecule has 2 N–H and O–H groups in total. The quantitative estimate of drug-likeness (QED) is 0.897. The van der Waals surface area contributed by atoms with Gasteiger partial charge in [0, 0.05) is 10.6 Å². The number of nitrogens with one attached hydrogen (secondary N) is 1. The van der Waals surface area contributed by atoms with Crippen molar-refractivity contribution in [1.82, 2.24) is 5.32 Å². The largest absolute Gasteiger partial charge is 0.480 e. The lowest BCUT2D eigenvalue weighted by Gasteiger charge is -2.28. The number of carboxylic acids is 1. The van der Waals surface area contributed by atoms with Crippen LogP contribution in [0.4, 0.5) is 0 Å². The minimum absolute atomic E-state index is 0.0255. The second-order valence-corrected chi connectivity index (χ2v) is 5.63. The highest BCUT2D eigenvalue weighted by atomic mass is 35.5. The summed E-state index contributed by atoms with van der Waals surface area (Å²) in [4.78, 5) is 23.5. The van der Waals surface area contributed by atoms with E-state index < -0.39 is 12.0 Å². The number of amides is 1. The number of benzene rings is 1. The highest BCUT2D eigenvalue weighted by Crippen LogP contribution is 2.26. The Morgan fingerprint density at radius 2 is 1.75 bits per heavy atom. The number of hydrogen-bond acceptors (Lipinski definition) is 2. The maximum atomic E-state index is 12.1. The van der Waals surface area contributed by atoms with Crippen molar-refractivity contribution in [2.45, 2.75) is 38.1 Å². The number of carbonyl (C=O) groups excluding carboxylic acids is 1. The van der Waals surface area contributed by atoms with E-state index in [9.17, 15) is 14.7 Å². The van der Waals surface area contributed by atoms with Gasteiger partial charge in [-0.2, -0.15) is 0 Å². The molecule has 1 amide bonds. The van der Waals surface area contributed by atoms with E-state index in [-0.39, 0.29) is 11.8 Å². The first-order valence-electron chi connectivity index (χ1n) is 6.87. The molecular formula is C15H18ClNO3. The fourth-order valence-electron chi connectivity index (χ4n) is 2.67. The molecule has 108 valence electrons. The van der Waals surface area contributed by atoms with Gasteiger partial charge in [0.25, 0.3) is 5.91 Å². The monoisotopic (exact) mass is 295 g/mol. The number of aliphatic carboxylic acids is 1. The lowest BCUT2D eigenvalue weighted by molar-refractivity contribution is -0.141. The number of carbonyl (C=O) groups is 2. The van der Waals surface area contributed by atoms with Crippen LogP contribution in [0, 0.1) is 5.92 Å². The van der Waals surface area contributed by atoms with Crippen LogP contribution < -0.4 is 5.32 Å². The van der Waals surface area contributed by atoms with Crippen molar-refractivity contribution in [3.05, 3.63) is 34.9 Å². The Balaban J connectivity index is 2.05. The van der Waals surface area contributed by atoms with Crippen molar-refractivity contribution in [2.75, 3.05) is 0 Å². The molecule has 1 aromatic carbocycles. The summed E-state index contributed by atoms with van der Waals surface area (Å²) in [6.45, 7) is 0. The van der Waals surface area contributed by atoms with Gasteiger partial charge >= 0.3 is 5.97 Å². The molecule has 0 bridgehead atoms. The first kappa shape index (κ1) is 14.9. The summed E-state index contributed by atoms with van der Waals surface area (Å²) >= 11 is 5.77. The molecule has 0 heterocycles. The van der Waals surface area contributed by atoms with Crippen LogP contribution in [0.25, 0.3) is 0 Å². The molecule has 0 unspecified atom stereocenters. The highest BCUT2D eigenvalue weighted by molar-refractivity contribution is 6.30. The summed E-state index contributed by atoms with van der Waals surface area (Å²) in [5.74, 6) is -1.30. The summed E-state index contributed by atoms with van der Waals surface area (Å²) in [6.07, 6.45) is 4.93. The number of rotatable bonds is 4. The third kappa shape index (κ3) is 3.73. The Kier molecular flexibility index (Phi) is 5.01. The summed E-state index contributed by atoms with van der Waals surface area (Å²) in [7, 11) is 0. The maximum absolute atomic E-state index is 12.1. The summed E-state index contributed by atoms with van der Waals surface area (Å²) < 4.78 is 0. The van der Waals surface area contributed by atoms with E-state index in [2.05, 4.69) is 5.32 Å². The molecule has 0 radical (unpaired) electrons. The molecule has 0 saturated heterocycles. The van der Waals surface area contributed by atoms with Gasteiger partial charge in [0.05, 0.1) is 0 Å². The molecule has 0 spiro atoms. The minimum atomic E-state index is -0.959. The first-order chi connectivity index (χ1) is 9.58. The van der Waals surface area contributed by atoms with Crippen molar-refractivity contribution < 1.29 is 14.7 Å². The molecule has 1 fully saturated rings. The standard InChI is InChI=1S/C15H18ClNO3/c16-12-8-6-11(7-9-12)14(18)17-13(15(19)20)10-4-2-1-3-5-10/h6-10,13H,1-5H2,(H,17,18)(H,19,20)/t13-/m0/s1. The molecule has 1 atom stereocenters. The fraction of sp³-hybridized carbons (Fsp3) is 0.467. The molecule has 0 aliphatic heterocycles. The van der Waals surface area contributed by atoms with Crippen LogP contribution >= 0.6 is 11.6 Å². The second-order valence-electron chi connectivity index (χ2n) is 5.19. The van der Waals surface area contributed by atoms with Gasteiger partial charge in [-0.1, -0.05) is 30.9 Å². The van der Waals surface area contributed by atoms with Crippen molar-refractivity contribution in [2.24, 2.45) is 5.92 Å². The average Bonchev–Trinajstić information content (AvgIpc) is 2.46. The molecule has 20 heavy (non-hydrogen) atoms. The van der Waals surface area contributed by atoms with Gasteiger partial charge in [-0.05, 0) is 43.0 Å². The van der Waals surface area contributed by atoms with Crippen molar-refractivity contribution >= 4 is 23.5 Å². The Morgan fingerprint density at radius 3 is 2.30 bits per heavy atom. The third-order valence-corrected chi connectivity index (χ3v) is 4.03. The van der Waals surface area contributed by atoms with Crippen LogP contribution in [0.5, 0.6) is 0 Å². The van der Waals surface area contributed by atoms with Gasteiger partial charge in [-0.15, -0.1) is 0 Å².